The molecule has 7 nitrogen and oxygen atoms in total. The number of carbonyl (C=O) groups excluding carboxylic acids is 2. The predicted molar refractivity (Wildman–Crippen MR) is 93.2 cm³/mol. The molecule has 0 aromatic carbocycles. The van der Waals surface area contributed by atoms with Crippen molar-refractivity contribution < 1.29 is 14.1 Å². The van der Waals surface area contributed by atoms with E-state index >= 15 is 0 Å². The standard InChI is InChI=1S/C17H22N4O3S/c1-2-5-14-18-16(24-21-14)9-8-15(22)19-20-17(23)13-10-11-6-3-4-7-12(11)25-13/h10H,2-9H2,1H3,(H,19,22)(H,20,23). The molecule has 3 rings (SSSR count). The molecule has 0 fully saturated rings. The molecular weight excluding hydrogens is 340 g/mol. The molecule has 0 bridgehead atoms. The van der Waals surface area contributed by atoms with Gasteiger partial charge in [-0.2, -0.15) is 4.98 Å². The van der Waals surface area contributed by atoms with Gasteiger partial charge in [-0.15, -0.1) is 11.3 Å². The molecule has 134 valence electrons. The first-order valence-electron chi connectivity index (χ1n) is 8.68. The summed E-state index contributed by atoms with van der Waals surface area (Å²) < 4.78 is 5.08. The number of hydrazine groups is 1. The second kappa shape index (κ2) is 8.24. The lowest BCUT2D eigenvalue weighted by Gasteiger charge is -2.08. The molecule has 25 heavy (non-hydrogen) atoms. The van der Waals surface area contributed by atoms with Gasteiger partial charge in [0.2, 0.25) is 11.8 Å². The normalized spacial score (nSPS) is 13.3. The van der Waals surface area contributed by atoms with Gasteiger partial charge < -0.3 is 4.52 Å². The summed E-state index contributed by atoms with van der Waals surface area (Å²) in [4.78, 5) is 30.2. The van der Waals surface area contributed by atoms with E-state index in [0.717, 1.165) is 25.7 Å². The van der Waals surface area contributed by atoms with Crippen molar-refractivity contribution in [3.8, 4) is 0 Å². The average Bonchev–Trinajstić information content (AvgIpc) is 3.24. The summed E-state index contributed by atoms with van der Waals surface area (Å²) in [5.74, 6) is 0.546. The van der Waals surface area contributed by atoms with E-state index in [4.69, 9.17) is 4.52 Å². The molecule has 0 aliphatic heterocycles. The fraction of sp³-hybridized carbons (Fsp3) is 0.529. The van der Waals surface area contributed by atoms with Crippen molar-refractivity contribution in [1.29, 1.82) is 0 Å². The van der Waals surface area contributed by atoms with E-state index in [0.29, 0.717) is 23.0 Å². The fourth-order valence-electron chi connectivity index (χ4n) is 2.79. The lowest BCUT2D eigenvalue weighted by atomic mass is 9.99. The van der Waals surface area contributed by atoms with E-state index in [-0.39, 0.29) is 18.2 Å². The minimum Gasteiger partial charge on any atom is -0.339 e. The molecule has 0 saturated carbocycles. The second-order valence-corrected chi connectivity index (χ2v) is 7.26. The molecule has 2 aromatic heterocycles. The smallest absolute Gasteiger partial charge is 0.279 e. The van der Waals surface area contributed by atoms with Gasteiger partial charge in [-0.25, -0.2) is 0 Å². The van der Waals surface area contributed by atoms with Gasteiger partial charge in [0.05, 0.1) is 4.88 Å². The highest BCUT2D eigenvalue weighted by Crippen LogP contribution is 2.29. The Balaban J connectivity index is 1.43. The van der Waals surface area contributed by atoms with Gasteiger partial charge in [0.1, 0.15) is 0 Å². The van der Waals surface area contributed by atoms with Crippen molar-refractivity contribution in [1.82, 2.24) is 21.0 Å². The Morgan fingerprint density at radius 2 is 2.08 bits per heavy atom. The number of hydrogen-bond acceptors (Lipinski definition) is 6. The summed E-state index contributed by atoms with van der Waals surface area (Å²) in [6.07, 6.45) is 6.67. The lowest BCUT2D eigenvalue weighted by molar-refractivity contribution is -0.121. The van der Waals surface area contributed by atoms with Crippen LogP contribution in [0.5, 0.6) is 0 Å². The van der Waals surface area contributed by atoms with E-state index in [1.807, 2.05) is 13.0 Å². The number of carbonyl (C=O) groups is 2. The Labute approximate surface area is 150 Å². The van der Waals surface area contributed by atoms with Crippen LogP contribution in [0.3, 0.4) is 0 Å². The van der Waals surface area contributed by atoms with Crippen LogP contribution >= 0.6 is 11.3 Å². The highest BCUT2D eigenvalue weighted by molar-refractivity contribution is 7.14. The third kappa shape index (κ3) is 4.66. The summed E-state index contributed by atoms with van der Waals surface area (Å²) >= 11 is 1.52. The molecule has 2 N–H and O–H groups in total. The maximum atomic E-state index is 12.2. The summed E-state index contributed by atoms with van der Waals surface area (Å²) in [5.41, 5.74) is 6.19. The number of hydrogen-bond donors (Lipinski definition) is 2. The quantitative estimate of drug-likeness (QED) is 0.769. The first-order chi connectivity index (χ1) is 12.2. The van der Waals surface area contributed by atoms with E-state index in [9.17, 15) is 9.59 Å². The van der Waals surface area contributed by atoms with Crippen LogP contribution in [0.2, 0.25) is 0 Å². The van der Waals surface area contributed by atoms with Crippen molar-refractivity contribution >= 4 is 23.2 Å². The van der Waals surface area contributed by atoms with Crippen molar-refractivity contribution in [2.45, 2.75) is 58.3 Å². The lowest BCUT2D eigenvalue weighted by Crippen LogP contribution is -2.41. The van der Waals surface area contributed by atoms with Crippen LogP contribution in [0, 0.1) is 0 Å². The molecule has 0 unspecified atom stereocenters. The third-order valence-corrected chi connectivity index (χ3v) is 5.32. The Bertz CT molecular complexity index is 729. The molecule has 0 spiro atoms. The molecule has 1 aliphatic rings. The fourth-order valence-corrected chi connectivity index (χ4v) is 3.94. The van der Waals surface area contributed by atoms with Gasteiger partial charge in [-0.1, -0.05) is 12.1 Å². The van der Waals surface area contributed by atoms with Crippen LogP contribution in [-0.2, 0) is 30.5 Å². The molecule has 0 radical (unpaired) electrons. The van der Waals surface area contributed by atoms with Gasteiger partial charge in [-0.05, 0) is 43.7 Å². The number of rotatable bonds is 6. The van der Waals surface area contributed by atoms with Gasteiger partial charge in [0, 0.05) is 24.1 Å². The minimum absolute atomic E-state index is 0.176. The number of aryl methyl sites for hydroxylation is 4. The maximum absolute atomic E-state index is 12.2. The van der Waals surface area contributed by atoms with Gasteiger partial charge >= 0.3 is 0 Å². The Hall–Kier alpha value is -2.22. The third-order valence-electron chi connectivity index (χ3n) is 4.09. The Morgan fingerprint density at radius 1 is 1.24 bits per heavy atom. The molecule has 2 amide bonds. The zero-order valence-electron chi connectivity index (χ0n) is 14.3. The Morgan fingerprint density at radius 3 is 2.88 bits per heavy atom. The van der Waals surface area contributed by atoms with Gasteiger partial charge in [-0.3, -0.25) is 20.4 Å². The van der Waals surface area contributed by atoms with Crippen LogP contribution < -0.4 is 10.9 Å². The summed E-state index contributed by atoms with van der Waals surface area (Å²) in [5, 5.41) is 3.84. The molecule has 0 saturated heterocycles. The average molecular weight is 362 g/mol. The van der Waals surface area contributed by atoms with Crippen molar-refractivity contribution in [3.63, 3.8) is 0 Å². The first kappa shape index (κ1) is 17.6. The molecule has 0 atom stereocenters. The van der Waals surface area contributed by atoms with Crippen LogP contribution in [0.15, 0.2) is 10.6 Å². The molecule has 2 aromatic rings. The summed E-state index contributed by atoms with van der Waals surface area (Å²) in [7, 11) is 0. The summed E-state index contributed by atoms with van der Waals surface area (Å²) in [6, 6.07) is 1.94. The SMILES string of the molecule is CCCc1noc(CCC(=O)NNC(=O)c2cc3c(s2)CCCC3)n1. The van der Waals surface area contributed by atoms with E-state index in [2.05, 4.69) is 21.0 Å². The number of nitrogens with zero attached hydrogens (tertiary/aromatic N) is 2. The Kier molecular flexibility index (Phi) is 5.80. The highest BCUT2D eigenvalue weighted by Gasteiger charge is 2.17. The van der Waals surface area contributed by atoms with Crippen molar-refractivity contribution in [2.24, 2.45) is 0 Å². The topological polar surface area (TPSA) is 97.1 Å². The van der Waals surface area contributed by atoms with Crippen molar-refractivity contribution in [2.75, 3.05) is 0 Å². The highest BCUT2D eigenvalue weighted by atomic mass is 32.1. The van der Waals surface area contributed by atoms with E-state index in [1.165, 1.54) is 34.6 Å². The summed E-state index contributed by atoms with van der Waals surface area (Å²) in [6.45, 7) is 2.04. The number of thiophene rings is 1. The molecule has 1 aliphatic carbocycles. The first-order valence-corrected chi connectivity index (χ1v) is 9.49. The number of fused-ring (bicyclic) bond motifs is 1. The minimum atomic E-state index is -0.287. The predicted octanol–water partition coefficient (Wildman–Crippen LogP) is 2.36. The monoisotopic (exact) mass is 362 g/mol. The van der Waals surface area contributed by atoms with E-state index < -0.39 is 0 Å². The molecule has 8 heteroatoms. The zero-order chi connectivity index (χ0) is 17.6. The number of nitrogens with one attached hydrogen (secondary N) is 2. The number of aromatic nitrogens is 2. The van der Waals surface area contributed by atoms with Crippen molar-refractivity contribution in [3.05, 3.63) is 33.1 Å². The van der Waals surface area contributed by atoms with Crippen LogP contribution in [0.25, 0.3) is 0 Å². The van der Waals surface area contributed by atoms with Crippen LogP contribution in [-0.4, -0.2) is 22.0 Å². The molecule has 2 heterocycles. The van der Waals surface area contributed by atoms with Crippen LogP contribution in [0.4, 0.5) is 0 Å². The zero-order valence-corrected chi connectivity index (χ0v) is 15.1. The van der Waals surface area contributed by atoms with Crippen LogP contribution in [0.1, 0.15) is 64.4 Å². The maximum Gasteiger partial charge on any atom is 0.279 e. The van der Waals surface area contributed by atoms with Gasteiger partial charge in [0.15, 0.2) is 5.82 Å². The van der Waals surface area contributed by atoms with Gasteiger partial charge in [0.25, 0.3) is 5.91 Å². The molecular formula is C17H22N4O3S. The number of amides is 2. The van der Waals surface area contributed by atoms with E-state index in [1.54, 1.807) is 0 Å². The second-order valence-electron chi connectivity index (χ2n) is 6.12. The largest absolute Gasteiger partial charge is 0.339 e.